The summed E-state index contributed by atoms with van der Waals surface area (Å²) < 4.78 is 12.1. The number of aromatic nitrogens is 1. The number of carbonyl (C=O) groups excluding carboxylic acids is 2. The van der Waals surface area contributed by atoms with Crippen LogP contribution in [0.2, 0.25) is 0 Å². The molecule has 10 nitrogen and oxygen atoms in total. The highest BCUT2D eigenvalue weighted by Gasteiger charge is 2.48. The van der Waals surface area contributed by atoms with Gasteiger partial charge in [-0.15, -0.1) is 0 Å². The Labute approximate surface area is 232 Å². The Morgan fingerprint density at radius 3 is 2.67 bits per heavy atom. The minimum atomic E-state index is -1.06. The van der Waals surface area contributed by atoms with E-state index in [0.29, 0.717) is 41.2 Å². The van der Waals surface area contributed by atoms with Gasteiger partial charge < -0.3 is 14.6 Å². The Hall–Kier alpha value is -4.77. The van der Waals surface area contributed by atoms with Gasteiger partial charge in [-0.25, -0.2) is 4.98 Å². The lowest BCUT2D eigenvalue weighted by molar-refractivity contribution is -0.384. The lowest BCUT2D eigenvalue weighted by Crippen LogP contribution is -2.29. The van der Waals surface area contributed by atoms with E-state index in [1.165, 1.54) is 40.5 Å². The summed E-state index contributed by atoms with van der Waals surface area (Å²) in [5.74, 6) is -0.718. The number of ether oxygens (including phenoxy) is 2. The van der Waals surface area contributed by atoms with Crippen LogP contribution in [0.3, 0.4) is 0 Å². The Morgan fingerprint density at radius 2 is 1.95 bits per heavy atom. The number of nitrogens with zero attached hydrogens (tertiary/aromatic N) is 3. The van der Waals surface area contributed by atoms with Crippen molar-refractivity contribution in [1.29, 1.82) is 0 Å². The Morgan fingerprint density at radius 1 is 1.18 bits per heavy atom. The van der Waals surface area contributed by atoms with E-state index >= 15 is 0 Å². The van der Waals surface area contributed by atoms with Crippen molar-refractivity contribution < 1.29 is 29.1 Å². The minimum Gasteiger partial charge on any atom is -0.507 e. The summed E-state index contributed by atoms with van der Waals surface area (Å²) in [5.41, 5.74) is 2.01. The number of hydrogen-bond acceptors (Lipinski definition) is 9. The van der Waals surface area contributed by atoms with Crippen LogP contribution in [0.15, 0.2) is 66.2 Å². The Balaban J connectivity index is 1.51. The van der Waals surface area contributed by atoms with Crippen LogP contribution in [0.4, 0.5) is 10.8 Å². The molecule has 2 aliphatic rings. The van der Waals surface area contributed by atoms with Crippen molar-refractivity contribution in [2.45, 2.75) is 32.4 Å². The predicted octanol–water partition coefficient (Wildman–Crippen LogP) is 5.55. The Bertz CT molecular complexity index is 1730. The SMILES string of the molecule is CCOc1ccc2nc(N3C(=O)C(=O)/C(=C(/O)c4ccc5c(c4)C[C@H](C)O5)[C@H]3c3ccc([N+](=O)[O-])cc3)sc2c1. The number of amides is 1. The van der Waals surface area contributed by atoms with Gasteiger partial charge in [-0.3, -0.25) is 24.6 Å². The molecule has 0 unspecified atom stereocenters. The maximum atomic E-state index is 13.5. The van der Waals surface area contributed by atoms with Crippen LogP contribution in [-0.4, -0.2) is 39.4 Å². The normalized spacial score (nSPS) is 19.6. The van der Waals surface area contributed by atoms with E-state index in [-0.39, 0.29) is 28.3 Å². The van der Waals surface area contributed by atoms with Gasteiger partial charge in [0.25, 0.3) is 11.5 Å². The summed E-state index contributed by atoms with van der Waals surface area (Å²) in [5, 5.41) is 23.0. The van der Waals surface area contributed by atoms with Crippen molar-refractivity contribution >= 4 is 49.8 Å². The zero-order valence-electron chi connectivity index (χ0n) is 21.5. The molecule has 1 saturated heterocycles. The fourth-order valence-corrected chi connectivity index (χ4v) is 6.12. The van der Waals surface area contributed by atoms with E-state index in [1.54, 1.807) is 30.3 Å². The lowest BCUT2D eigenvalue weighted by Gasteiger charge is -2.23. The number of thiazole rings is 1. The number of aliphatic hydroxyl groups is 1. The molecule has 1 aromatic heterocycles. The molecule has 0 radical (unpaired) electrons. The molecular formula is C29H23N3O7S. The molecule has 11 heteroatoms. The van der Waals surface area contributed by atoms with Crippen LogP contribution in [0, 0.1) is 10.1 Å². The van der Waals surface area contributed by atoms with Gasteiger partial charge in [-0.2, -0.15) is 0 Å². The molecule has 0 saturated carbocycles. The third-order valence-corrected chi connectivity index (χ3v) is 7.92. The largest absolute Gasteiger partial charge is 0.507 e. The number of Topliss-reactive ketones (excluding diaryl/α,β-unsaturated/α-hetero) is 1. The summed E-state index contributed by atoms with van der Waals surface area (Å²) in [6, 6.07) is 15.0. The molecule has 40 heavy (non-hydrogen) atoms. The number of carbonyl (C=O) groups is 2. The number of benzene rings is 3. The average Bonchev–Trinajstić information content (AvgIpc) is 3.60. The van der Waals surface area contributed by atoms with Crippen LogP contribution in [0.25, 0.3) is 16.0 Å². The molecule has 202 valence electrons. The first-order valence-corrected chi connectivity index (χ1v) is 13.5. The average molecular weight is 558 g/mol. The fourth-order valence-electron chi connectivity index (χ4n) is 5.10. The predicted molar refractivity (Wildman–Crippen MR) is 149 cm³/mol. The molecule has 2 aliphatic heterocycles. The topological polar surface area (TPSA) is 132 Å². The zero-order valence-corrected chi connectivity index (χ0v) is 22.3. The number of hydrogen-bond donors (Lipinski definition) is 1. The van der Waals surface area contributed by atoms with Gasteiger partial charge in [-0.1, -0.05) is 11.3 Å². The first-order chi connectivity index (χ1) is 19.2. The van der Waals surface area contributed by atoms with Crippen molar-refractivity contribution in [3.8, 4) is 11.5 Å². The van der Waals surface area contributed by atoms with Crippen molar-refractivity contribution in [1.82, 2.24) is 4.98 Å². The molecule has 3 heterocycles. The number of non-ortho nitro benzene ring substituents is 1. The molecule has 1 fully saturated rings. The van der Waals surface area contributed by atoms with Crippen molar-refractivity contribution in [3.05, 3.63) is 93.0 Å². The third-order valence-electron chi connectivity index (χ3n) is 6.90. The zero-order chi connectivity index (χ0) is 28.1. The van der Waals surface area contributed by atoms with Crippen molar-refractivity contribution in [3.63, 3.8) is 0 Å². The third kappa shape index (κ3) is 4.24. The molecule has 1 N–H and O–H groups in total. The number of fused-ring (bicyclic) bond motifs is 2. The summed E-state index contributed by atoms with van der Waals surface area (Å²) in [6.45, 7) is 4.30. The number of rotatable bonds is 6. The lowest BCUT2D eigenvalue weighted by atomic mass is 9.94. The van der Waals surface area contributed by atoms with E-state index in [0.717, 1.165) is 10.3 Å². The molecule has 0 spiro atoms. The highest BCUT2D eigenvalue weighted by atomic mass is 32.1. The van der Waals surface area contributed by atoms with E-state index in [1.807, 2.05) is 19.9 Å². The summed E-state index contributed by atoms with van der Waals surface area (Å²) >= 11 is 1.21. The van der Waals surface area contributed by atoms with E-state index in [2.05, 4.69) is 4.98 Å². The first-order valence-electron chi connectivity index (χ1n) is 12.6. The molecule has 2 atom stereocenters. The number of aliphatic hydroxyl groups excluding tert-OH is 1. The van der Waals surface area contributed by atoms with Gasteiger partial charge in [0.1, 0.15) is 23.4 Å². The van der Waals surface area contributed by atoms with Gasteiger partial charge in [0.2, 0.25) is 0 Å². The van der Waals surface area contributed by atoms with Crippen LogP contribution >= 0.6 is 11.3 Å². The van der Waals surface area contributed by atoms with Crippen LogP contribution in [0.5, 0.6) is 11.5 Å². The maximum absolute atomic E-state index is 13.5. The van der Waals surface area contributed by atoms with E-state index in [4.69, 9.17) is 9.47 Å². The van der Waals surface area contributed by atoms with Gasteiger partial charge >= 0.3 is 5.91 Å². The van der Waals surface area contributed by atoms with Crippen LogP contribution in [0.1, 0.15) is 36.6 Å². The molecule has 4 aromatic rings. The molecule has 0 bridgehead atoms. The van der Waals surface area contributed by atoms with Crippen molar-refractivity contribution in [2.24, 2.45) is 0 Å². The summed E-state index contributed by atoms with van der Waals surface area (Å²) in [6.07, 6.45) is 0.631. The highest BCUT2D eigenvalue weighted by Crippen LogP contribution is 2.45. The summed E-state index contributed by atoms with van der Waals surface area (Å²) in [7, 11) is 0. The van der Waals surface area contributed by atoms with Gasteiger partial charge in [-0.05, 0) is 73.5 Å². The standard InChI is InChI=1S/C29H23N3O7S/c1-3-38-20-9-10-21-23(14-20)40-29(30-21)31-25(16-4-7-19(8-5-16)32(36)37)24(27(34)28(31)35)26(33)17-6-11-22-18(13-17)12-15(2)39-22/h4-11,13-15,25,33H,3,12H2,1-2H3/b26-24+/t15-,25+/m0/s1. The minimum absolute atomic E-state index is 0.0136. The molecule has 1 amide bonds. The van der Waals surface area contributed by atoms with E-state index in [9.17, 15) is 24.8 Å². The quantitative estimate of drug-likeness (QED) is 0.107. The van der Waals surface area contributed by atoms with Crippen molar-refractivity contribution in [2.75, 3.05) is 11.5 Å². The summed E-state index contributed by atoms with van der Waals surface area (Å²) in [4.78, 5) is 43.7. The highest BCUT2D eigenvalue weighted by molar-refractivity contribution is 7.22. The molecule has 0 aliphatic carbocycles. The van der Waals surface area contributed by atoms with Crippen LogP contribution in [-0.2, 0) is 16.0 Å². The number of anilines is 1. The van der Waals surface area contributed by atoms with Gasteiger partial charge in [0, 0.05) is 24.1 Å². The second kappa shape index (κ2) is 9.76. The molecule has 3 aromatic carbocycles. The second-order valence-electron chi connectivity index (χ2n) is 9.53. The number of nitro groups is 1. The number of nitro benzene ring substituents is 1. The maximum Gasteiger partial charge on any atom is 0.301 e. The Kier molecular flexibility index (Phi) is 6.22. The molecule has 6 rings (SSSR count). The molecular weight excluding hydrogens is 534 g/mol. The second-order valence-corrected chi connectivity index (χ2v) is 10.5. The fraction of sp³-hybridized carbons (Fsp3) is 0.207. The van der Waals surface area contributed by atoms with E-state index < -0.39 is 22.7 Å². The monoisotopic (exact) mass is 557 g/mol. The smallest absolute Gasteiger partial charge is 0.301 e. The van der Waals surface area contributed by atoms with Crippen LogP contribution < -0.4 is 14.4 Å². The van der Waals surface area contributed by atoms with Gasteiger partial charge in [0.15, 0.2) is 5.13 Å². The first kappa shape index (κ1) is 25.5. The number of ketones is 1. The van der Waals surface area contributed by atoms with Gasteiger partial charge in [0.05, 0.1) is 33.4 Å².